The minimum Gasteiger partial charge on any atom is -0.747 e. The van der Waals surface area contributed by atoms with E-state index < -0.39 is 21.3 Å². The smallest absolute Gasteiger partial charge is 0.747 e. The quantitative estimate of drug-likeness (QED) is 0.0336. The maximum absolute atomic E-state index is 12.3. The maximum Gasteiger partial charge on any atom is 1.00 e. The van der Waals surface area contributed by atoms with Crippen LogP contribution in [-0.4, -0.2) is 30.8 Å². The van der Waals surface area contributed by atoms with Crippen LogP contribution in [0.25, 0.3) is 0 Å². The van der Waals surface area contributed by atoms with Crippen LogP contribution in [0.4, 0.5) is 0 Å². The van der Waals surface area contributed by atoms with Gasteiger partial charge in [0.1, 0.15) is 15.4 Å². The standard InChI is InChI=1S/C34H68O5S.Na/c1-3-5-7-9-11-13-15-17-18-19-20-22-24-26-28-30-32-39-34(35)33(40(36,37)38)31-29-27-25-23-21-16-14-12-10-8-6-4-2;/h33H,3-32H2,1-2H3,(H,36,37,38);/q;+1/p-1. The average Bonchev–Trinajstić information content (AvgIpc) is 2.92. The van der Waals surface area contributed by atoms with E-state index in [0.717, 1.165) is 38.5 Å². The van der Waals surface area contributed by atoms with Crippen LogP contribution in [0.3, 0.4) is 0 Å². The van der Waals surface area contributed by atoms with Gasteiger partial charge >= 0.3 is 35.5 Å². The summed E-state index contributed by atoms with van der Waals surface area (Å²) in [5.74, 6) is -0.848. The molecule has 0 spiro atoms. The first-order chi connectivity index (χ1) is 19.4. The van der Waals surface area contributed by atoms with Gasteiger partial charge in [0.2, 0.25) is 0 Å². The molecule has 0 saturated heterocycles. The Morgan fingerprint density at radius 2 is 0.780 bits per heavy atom. The number of rotatable bonds is 32. The number of hydrogen-bond donors (Lipinski definition) is 0. The second-order valence-electron chi connectivity index (χ2n) is 12.1. The molecule has 0 amide bonds. The molecule has 0 aromatic rings. The van der Waals surface area contributed by atoms with E-state index in [0.29, 0.717) is 6.42 Å². The van der Waals surface area contributed by atoms with Gasteiger partial charge in [-0.15, -0.1) is 0 Å². The van der Waals surface area contributed by atoms with Gasteiger partial charge in [0.05, 0.1) is 6.61 Å². The number of carbonyl (C=O) groups is 1. The predicted molar refractivity (Wildman–Crippen MR) is 170 cm³/mol. The Morgan fingerprint density at radius 1 is 0.512 bits per heavy atom. The zero-order valence-electron chi connectivity index (χ0n) is 27.7. The first-order valence-electron chi connectivity index (χ1n) is 17.5. The zero-order chi connectivity index (χ0) is 29.6. The second kappa shape index (κ2) is 33.3. The van der Waals surface area contributed by atoms with Gasteiger partial charge in [-0.3, -0.25) is 4.79 Å². The van der Waals surface area contributed by atoms with Crippen LogP contribution in [0.1, 0.15) is 200 Å². The van der Waals surface area contributed by atoms with Gasteiger partial charge in [0.15, 0.2) is 0 Å². The maximum atomic E-state index is 12.3. The summed E-state index contributed by atoms with van der Waals surface area (Å²) in [6.45, 7) is 4.71. The molecule has 0 aromatic heterocycles. The molecule has 0 aliphatic rings. The summed E-state index contributed by atoms with van der Waals surface area (Å²) < 4.78 is 40.1. The van der Waals surface area contributed by atoms with Crippen LogP contribution < -0.4 is 29.6 Å². The molecule has 7 heteroatoms. The molecule has 0 aromatic carbocycles. The number of esters is 1. The van der Waals surface area contributed by atoms with Gasteiger partial charge in [0, 0.05) is 0 Å². The topological polar surface area (TPSA) is 83.5 Å². The predicted octanol–water partition coefficient (Wildman–Crippen LogP) is 7.80. The number of carbonyl (C=O) groups excluding carboxylic acids is 1. The molecule has 0 N–H and O–H groups in total. The van der Waals surface area contributed by atoms with Crippen molar-refractivity contribution in [1.82, 2.24) is 0 Å². The van der Waals surface area contributed by atoms with Crippen molar-refractivity contribution in [2.75, 3.05) is 6.61 Å². The largest absolute Gasteiger partial charge is 1.00 e. The Balaban J connectivity index is 0. The van der Waals surface area contributed by atoms with Gasteiger partial charge in [-0.05, 0) is 12.8 Å². The zero-order valence-corrected chi connectivity index (χ0v) is 30.6. The van der Waals surface area contributed by atoms with Crippen LogP contribution in [0, 0.1) is 0 Å². The minimum absolute atomic E-state index is 0. The molecule has 0 radical (unpaired) electrons. The normalized spacial score (nSPS) is 12.3. The Kier molecular flexibility index (Phi) is 35.3. The number of hydrogen-bond acceptors (Lipinski definition) is 5. The van der Waals surface area contributed by atoms with Crippen molar-refractivity contribution in [2.45, 2.75) is 205 Å². The Labute approximate surface area is 278 Å². The van der Waals surface area contributed by atoms with Gasteiger partial charge in [-0.25, -0.2) is 8.42 Å². The fraction of sp³-hybridized carbons (Fsp3) is 0.971. The molecule has 1 unspecified atom stereocenters. The first kappa shape index (κ1) is 43.5. The van der Waals surface area contributed by atoms with E-state index in [1.807, 2.05) is 0 Å². The first-order valence-corrected chi connectivity index (χ1v) is 19.0. The SMILES string of the molecule is CCCCCCCCCCCCCCCCCCOC(=O)C(CCCCCCCCCCCCCC)S(=O)(=O)[O-].[Na+]. The molecule has 0 aliphatic heterocycles. The summed E-state index contributed by atoms with van der Waals surface area (Å²) in [5, 5.41) is -1.54. The van der Waals surface area contributed by atoms with E-state index in [1.165, 1.54) is 135 Å². The van der Waals surface area contributed by atoms with E-state index in [4.69, 9.17) is 4.74 Å². The van der Waals surface area contributed by atoms with Crippen molar-refractivity contribution in [3.05, 3.63) is 0 Å². The molecule has 41 heavy (non-hydrogen) atoms. The minimum atomic E-state index is -4.68. The summed E-state index contributed by atoms with van der Waals surface area (Å²) >= 11 is 0. The van der Waals surface area contributed by atoms with Gasteiger partial charge < -0.3 is 9.29 Å². The fourth-order valence-electron chi connectivity index (χ4n) is 5.47. The Morgan fingerprint density at radius 3 is 1.07 bits per heavy atom. The van der Waals surface area contributed by atoms with E-state index >= 15 is 0 Å². The van der Waals surface area contributed by atoms with E-state index in [-0.39, 0.29) is 42.6 Å². The van der Waals surface area contributed by atoms with Gasteiger partial charge in [-0.1, -0.05) is 187 Å². The van der Waals surface area contributed by atoms with Crippen molar-refractivity contribution in [3.8, 4) is 0 Å². The molecule has 0 fully saturated rings. The summed E-state index contributed by atoms with van der Waals surface area (Å²) in [5.41, 5.74) is 0. The van der Waals surface area contributed by atoms with Gasteiger partial charge in [0.25, 0.3) is 0 Å². The Bertz CT molecular complexity index is 641. The molecule has 0 bridgehead atoms. The summed E-state index contributed by atoms with van der Waals surface area (Å²) in [7, 11) is -4.68. The molecule has 0 saturated carbocycles. The second-order valence-corrected chi connectivity index (χ2v) is 13.7. The summed E-state index contributed by atoms with van der Waals surface area (Å²) in [6, 6.07) is 0. The van der Waals surface area contributed by atoms with Crippen molar-refractivity contribution in [2.24, 2.45) is 0 Å². The Hall–Kier alpha value is 0.380. The molecule has 1 atom stereocenters. The van der Waals surface area contributed by atoms with Crippen LogP contribution in [0.2, 0.25) is 0 Å². The number of ether oxygens (including phenoxy) is 1. The molecular formula is C34H67NaO5S. The van der Waals surface area contributed by atoms with E-state index in [2.05, 4.69) is 13.8 Å². The summed E-state index contributed by atoms with van der Waals surface area (Å²) in [6.07, 6.45) is 34.4. The van der Waals surface area contributed by atoms with Crippen LogP contribution in [0.15, 0.2) is 0 Å². The molecule has 0 heterocycles. The molecule has 0 aliphatic carbocycles. The van der Waals surface area contributed by atoms with Crippen molar-refractivity contribution in [1.29, 1.82) is 0 Å². The van der Waals surface area contributed by atoms with Gasteiger partial charge in [-0.2, -0.15) is 0 Å². The fourth-order valence-corrected chi connectivity index (χ4v) is 6.23. The number of unbranched alkanes of at least 4 members (excludes halogenated alkanes) is 26. The molecule has 0 rings (SSSR count). The van der Waals surface area contributed by atoms with E-state index in [9.17, 15) is 17.8 Å². The van der Waals surface area contributed by atoms with Crippen molar-refractivity contribution in [3.63, 3.8) is 0 Å². The third-order valence-electron chi connectivity index (χ3n) is 8.17. The van der Waals surface area contributed by atoms with Crippen LogP contribution in [-0.2, 0) is 19.6 Å². The monoisotopic (exact) mass is 610 g/mol. The molecule has 240 valence electrons. The van der Waals surface area contributed by atoms with Crippen molar-refractivity contribution < 1.29 is 52.1 Å². The molecular weight excluding hydrogens is 543 g/mol. The summed E-state index contributed by atoms with van der Waals surface area (Å²) in [4.78, 5) is 12.3. The third-order valence-corrected chi connectivity index (χ3v) is 9.30. The molecule has 5 nitrogen and oxygen atoms in total. The van der Waals surface area contributed by atoms with E-state index in [1.54, 1.807) is 0 Å². The van der Waals surface area contributed by atoms with Crippen molar-refractivity contribution >= 4 is 16.1 Å². The van der Waals surface area contributed by atoms with Crippen LogP contribution >= 0.6 is 0 Å². The average molecular weight is 611 g/mol. The third kappa shape index (κ3) is 31.6. The van der Waals surface area contributed by atoms with Crippen LogP contribution in [0.5, 0.6) is 0 Å².